The molecule has 0 saturated heterocycles. The lowest BCUT2D eigenvalue weighted by molar-refractivity contribution is 0.583. The van der Waals surface area contributed by atoms with E-state index in [0.29, 0.717) is 16.1 Å². The molecule has 2 N–H and O–H groups in total. The van der Waals surface area contributed by atoms with E-state index in [1.165, 1.54) is 0 Å². The SMILES string of the molecule is Cc1cc(Cl)c(C)c(C(C)N)c1F. The predicted molar refractivity (Wildman–Crippen MR) is 53.5 cm³/mol. The molecule has 1 unspecified atom stereocenters. The van der Waals surface area contributed by atoms with E-state index in [0.717, 1.165) is 5.56 Å². The van der Waals surface area contributed by atoms with Crippen LogP contribution < -0.4 is 5.73 Å². The lowest BCUT2D eigenvalue weighted by Crippen LogP contribution is -2.11. The van der Waals surface area contributed by atoms with Gasteiger partial charge in [0.05, 0.1) is 0 Å². The van der Waals surface area contributed by atoms with Gasteiger partial charge in [0.1, 0.15) is 5.82 Å². The van der Waals surface area contributed by atoms with Crippen LogP contribution in [0, 0.1) is 19.7 Å². The fourth-order valence-corrected chi connectivity index (χ4v) is 1.67. The molecule has 0 aliphatic heterocycles. The molecule has 0 spiro atoms. The lowest BCUT2D eigenvalue weighted by Gasteiger charge is -2.14. The van der Waals surface area contributed by atoms with Crippen LogP contribution in [-0.4, -0.2) is 0 Å². The normalized spacial score (nSPS) is 13.1. The molecule has 3 heteroatoms. The molecule has 1 rings (SSSR count). The number of rotatable bonds is 1. The summed E-state index contributed by atoms with van der Waals surface area (Å²) in [6.07, 6.45) is 0. The Morgan fingerprint density at radius 1 is 1.46 bits per heavy atom. The first-order valence-electron chi connectivity index (χ1n) is 4.15. The zero-order valence-corrected chi connectivity index (χ0v) is 8.74. The van der Waals surface area contributed by atoms with Crippen molar-refractivity contribution in [1.82, 2.24) is 0 Å². The van der Waals surface area contributed by atoms with Crippen molar-refractivity contribution in [3.8, 4) is 0 Å². The Balaban J connectivity index is 3.46. The highest BCUT2D eigenvalue weighted by Crippen LogP contribution is 2.28. The van der Waals surface area contributed by atoms with Crippen molar-refractivity contribution in [2.75, 3.05) is 0 Å². The van der Waals surface area contributed by atoms with E-state index in [1.807, 2.05) is 0 Å². The molecule has 1 atom stereocenters. The average molecular weight is 202 g/mol. The Kier molecular flexibility index (Phi) is 2.94. The van der Waals surface area contributed by atoms with E-state index in [1.54, 1.807) is 26.8 Å². The summed E-state index contributed by atoms with van der Waals surface area (Å²) in [5.74, 6) is -0.239. The van der Waals surface area contributed by atoms with E-state index in [9.17, 15) is 4.39 Å². The van der Waals surface area contributed by atoms with Gasteiger partial charge in [-0.1, -0.05) is 11.6 Å². The molecule has 0 aliphatic rings. The van der Waals surface area contributed by atoms with Crippen LogP contribution in [-0.2, 0) is 0 Å². The van der Waals surface area contributed by atoms with Crippen molar-refractivity contribution < 1.29 is 4.39 Å². The maximum atomic E-state index is 13.6. The van der Waals surface area contributed by atoms with Crippen LogP contribution in [0.3, 0.4) is 0 Å². The average Bonchev–Trinajstić information content (AvgIpc) is 2.01. The third kappa shape index (κ3) is 1.84. The highest BCUT2D eigenvalue weighted by Gasteiger charge is 2.15. The highest BCUT2D eigenvalue weighted by molar-refractivity contribution is 6.31. The Bertz CT molecular complexity index is 308. The van der Waals surface area contributed by atoms with Gasteiger partial charge in [-0.15, -0.1) is 0 Å². The first-order chi connectivity index (χ1) is 5.95. The summed E-state index contributed by atoms with van der Waals surface area (Å²) in [7, 11) is 0. The van der Waals surface area contributed by atoms with Gasteiger partial charge in [0.15, 0.2) is 0 Å². The van der Waals surface area contributed by atoms with Crippen LogP contribution in [0.5, 0.6) is 0 Å². The van der Waals surface area contributed by atoms with Crippen LogP contribution in [0.2, 0.25) is 5.02 Å². The summed E-state index contributed by atoms with van der Waals surface area (Å²) < 4.78 is 13.6. The summed E-state index contributed by atoms with van der Waals surface area (Å²) in [5.41, 5.74) is 7.45. The van der Waals surface area contributed by atoms with Gasteiger partial charge >= 0.3 is 0 Å². The third-order valence-corrected chi connectivity index (χ3v) is 2.54. The topological polar surface area (TPSA) is 26.0 Å². The standard InChI is InChI=1S/C10H13ClFN/c1-5-4-8(11)6(2)9(7(3)13)10(5)12/h4,7H,13H2,1-3H3. The number of benzene rings is 1. The summed E-state index contributed by atoms with van der Waals surface area (Å²) in [6, 6.07) is 1.30. The largest absolute Gasteiger partial charge is 0.324 e. The molecule has 1 aromatic rings. The second-order valence-electron chi connectivity index (χ2n) is 3.32. The first-order valence-corrected chi connectivity index (χ1v) is 4.53. The van der Waals surface area contributed by atoms with Crippen molar-refractivity contribution in [3.63, 3.8) is 0 Å². The zero-order chi connectivity index (χ0) is 10.2. The van der Waals surface area contributed by atoms with Gasteiger partial charge in [0.2, 0.25) is 0 Å². The Morgan fingerprint density at radius 3 is 2.46 bits per heavy atom. The van der Waals surface area contributed by atoms with Gasteiger partial charge in [0, 0.05) is 16.6 Å². The van der Waals surface area contributed by atoms with Gasteiger partial charge in [-0.25, -0.2) is 4.39 Å². The molecule has 0 fully saturated rings. The van der Waals surface area contributed by atoms with Crippen molar-refractivity contribution in [2.24, 2.45) is 5.73 Å². The number of aryl methyl sites for hydroxylation is 1. The highest BCUT2D eigenvalue weighted by atomic mass is 35.5. The zero-order valence-electron chi connectivity index (χ0n) is 7.99. The van der Waals surface area contributed by atoms with E-state index >= 15 is 0 Å². The number of hydrogen-bond acceptors (Lipinski definition) is 1. The molecular weight excluding hydrogens is 189 g/mol. The fourth-order valence-electron chi connectivity index (χ4n) is 1.41. The molecule has 13 heavy (non-hydrogen) atoms. The molecule has 72 valence electrons. The fraction of sp³-hybridized carbons (Fsp3) is 0.400. The molecule has 0 radical (unpaired) electrons. The third-order valence-electron chi connectivity index (χ3n) is 2.14. The maximum Gasteiger partial charge on any atom is 0.131 e. The summed E-state index contributed by atoms with van der Waals surface area (Å²) in [5, 5.41) is 0.575. The monoisotopic (exact) mass is 201 g/mol. The Labute approximate surface area is 82.7 Å². The van der Waals surface area contributed by atoms with E-state index < -0.39 is 0 Å². The van der Waals surface area contributed by atoms with Crippen LogP contribution in [0.1, 0.15) is 29.7 Å². The van der Waals surface area contributed by atoms with E-state index in [2.05, 4.69) is 0 Å². The molecule has 0 aromatic heterocycles. The van der Waals surface area contributed by atoms with Gasteiger partial charge < -0.3 is 5.73 Å². The van der Waals surface area contributed by atoms with Crippen LogP contribution in [0.15, 0.2) is 6.07 Å². The molecule has 1 nitrogen and oxygen atoms in total. The molecule has 0 aliphatic carbocycles. The number of hydrogen-bond donors (Lipinski definition) is 1. The van der Waals surface area contributed by atoms with Gasteiger partial charge in [-0.3, -0.25) is 0 Å². The molecular formula is C10H13ClFN. The van der Waals surface area contributed by atoms with Crippen molar-refractivity contribution in [1.29, 1.82) is 0 Å². The number of halogens is 2. The second kappa shape index (κ2) is 3.64. The molecule has 0 saturated carbocycles. The summed E-state index contributed by atoms with van der Waals surface area (Å²) in [6.45, 7) is 5.22. The Hall–Kier alpha value is -0.600. The Morgan fingerprint density at radius 2 is 2.00 bits per heavy atom. The molecule has 0 heterocycles. The minimum Gasteiger partial charge on any atom is -0.324 e. The maximum absolute atomic E-state index is 13.6. The second-order valence-corrected chi connectivity index (χ2v) is 3.72. The van der Waals surface area contributed by atoms with Gasteiger partial charge in [-0.2, -0.15) is 0 Å². The number of nitrogens with two attached hydrogens (primary N) is 1. The lowest BCUT2D eigenvalue weighted by atomic mass is 9.99. The van der Waals surface area contributed by atoms with Gasteiger partial charge in [-0.05, 0) is 38.0 Å². The van der Waals surface area contributed by atoms with Crippen molar-refractivity contribution in [2.45, 2.75) is 26.8 Å². The molecule has 0 bridgehead atoms. The molecule has 0 amide bonds. The smallest absolute Gasteiger partial charge is 0.131 e. The predicted octanol–water partition coefficient (Wildman–Crippen LogP) is 3.12. The van der Waals surface area contributed by atoms with E-state index in [-0.39, 0.29) is 11.9 Å². The van der Waals surface area contributed by atoms with Crippen molar-refractivity contribution >= 4 is 11.6 Å². The minimum absolute atomic E-state index is 0.239. The summed E-state index contributed by atoms with van der Waals surface area (Å²) >= 11 is 5.91. The van der Waals surface area contributed by atoms with Crippen LogP contribution >= 0.6 is 11.6 Å². The van der Waals surface area contributed by atoms with Crippen molar-refractivity contribution in [3.05, 3.63) is 33.6 Å². The molecule has 1 aromatic carbocycles. The summed E-state index contributed by atoms with van der Waals surface area (Å²) in [4.78, 5) is 0. The van der Waals surface area contributed by atoms with Crippen LogP contribution in [0.4, 0.5) is 4.39 Å². The quantitative estimate of drug-likeness (QED) is 0.743. The minimum atomic E-state index is -0.322. The van der Waals surface area contributed by atoms with Gasteiger partial charge in [0.25, 0.3) is 0 Å². The van der Waals surface area contributed by atoms with E-state index in [4.69, 9.17) is 17.3 Å². The first kappa shape index (κ1) is 10.5. The van der Waals surface area contributed by atoms with Crippen LogP contribution in [0.25, 0.3) is 0 Å².